The molecule has 1 fully saturated rings. The number of hydrogen-bond donors (Lipinski definition) is 2. The van der Waals surface area contributed by atoms with E-state index in [-0.39, 0.29) is 12.0 Å². The number of aromatic nitrogens is 2. The van der Waals surface area contributed by atoms with E-state index in [1.807, 2.05) is 0 Å². The molecule has 3 N–H and O–H groups in total. The third-order valence-corrected chi connectivity index (χ3v) is 5.21. The van der Waals surface area contributed by atoms with Crippen molar-refractivity contribution in [3.8, 4) is 0 Å². The first-order chi connectivity index (χ1) is 11.1. The fourth-order valence-electron chi connectivity index (χ4n) is 2.65. The molecule has 7 heteroatoms. The summed E-state index contributed by atoms with van der Waals surface area (Å²) in [6, 6.07) is 5.19. The van der Waals surface area contributed by atoms with Gasteiger partial charge in [0, 0.05) is 18.5 Å². The number of rotatable bonds is 5. The van der Waals surface area contributed by atoms with E-state index in [9.17, 15) is 9.59 Å². The van der Waals surface area contributed by atoms with Crippen LogP contribution >= 0.6 is 11.8 Å². The van der Waals surface area contributed by atoms with Gasteiger partial charge in [0.2, 0.25) is 5.91 Å². The van der Waals surface area contributed by atoms with Crippen molar-refractivity contribution in [3.05, 3.63) is 39.9 Å². The van der Waals surface area contributed by atoms with Crippen LogP contribution in [0.3, 0.4) is 0 Å². The van der Waals surface area contributed by atoms with Gasteiger partial charge in [0.25, 0.3) is 5.56 Å². The molecule has 1 aromatic carbocycles. The zero-order valence-corrected chi connectivity index (χ0v) is 13.5. The number of ether oxygens (including phenoxy) is 1. The first-order valence-electron chi connectivity index (χ1n) is 7.61. The maximum atomic E-state index is 12.2. The Morgan fingerprint density at radius 3 is 2.91 bits per heavy atom. The molecule has 1 amide bonds. The second-order valence-electron chi connectivity index (χ2n) is 5.63. The van der Waals surface area contributed by atoms with Crippen LogP contribution in [0, 0.1) is 0 Å². The SMILES string of the molecule is NC(=O)Cc1ccc2c(=O)[nH]c(CSC3CCOCC3)nc2c1. The molecular weight excluding hydrogens is 314 g/mol. The zero-order valence-electron chi connectivity index (χ0n) is 12.7. The minimum Gasteiger partial charge on any atom is -0.381 e. The van der Waals surface area contributed by atoms with Crippen molar-refractivity contribution in [2.45, 2.75) is 30.3 Å². The van der Waals surface area contributed by atoms with E-state index >= 15 is 0 Å². The highest BCUT2D eigenvalue weighted by atomic mass is 32.2. The predicted molar refractivity (Wildman–Crippen MR) is 90.4 cm³/mol. The van der Waals surface area contributed by atoms with Gasteiger partial charge < -0.3 is 15.5 Å². The molecule has 1 aliphatic rings. The van der Waals surface area contributed by atoms with E-state index < -0.39 is 5.91 Å². The lowest BCUT2D eigenvalue weighted by Crippen LogP contribution is -2.18. The van der Waals surface area contributed by atoms with Crippen LogP contribution in [0.5, 0.6) is 0 Å². The van der Waals surface area contributed by atoms with Gasteiger partial charge in [-0.3, -0.25) is 9.59 Å². The number of carbonyl (C=O) groups excluding carboxylic acids is 1. The largest absolute Gasteiger partial charge is 0.381 e. The maximum Gasteiger partial charge on any atom is 0.258 e. The smallest absolute Gasteiger partial charge is 0.258 e. The molecule has 0 unspecified atom stereocenters. The molecule has 0 bridgehead atoms. The summed E-state index contributed by atoms with van der Waals surface area (Å²) in [4.78, 5) is 30.6. The van der Waals surface area contributed by atoms with E-state index in [4.69, 9.17) is 10.5 Å². The van der Waals surface area contributed by atoms with Crippen molar-refractivity contribution in [3.63, 3.8) is 0 Å². The summed E-state index contributed by atoms with van der Waals surface area (Å²) in [5, 5.41) is 1.07. The van der Waals surface area contributed by atoms with Gasteiger partial charge in [0.1, 0.15) is 5.82 Å². The van der Waals surface area contributed by atoms with E-state index in [1.165, 1.54) is 0 Å². The molecule has 1 aliphatic heterocycles. The number of amides is 1. The molecule has 0 spiro atoms. The molecule has 2 heterocycles. The molecule has 0 atom stereocenters. The second kappa shape index (κ2) is 7.14. The van der Waals surface area contributed by atoms with Crippen molar-refractivity contribution < 1.29 is 9.53 Å². The number of fused-ring (bicyclic) bond motifs is 1. The fraction of sp³-hybridized carbons (Fsp3) is 0.438. The van der Waals surface area contributed by atoms with E-state index in [0.717, 1.165) is 31.6 Å². The number of nitrogens with two attached hydrogens (primary N) is 1. The standard InChI is InChI=1S/C16H19N3O3S/c17-14(20)8-10-1-2-12-13(7-10)18-15(19-16(12)21)9-23-11-3-5-22-6-4-11/h1-2,7,11H,3-6,8-9H2,(H2,17,20)(H,18,19,21). The number of carbonyl (C=O) groups is 1. The highest BCUT2D eigenvalue weighted by Crippen LogP contribution is 2.24. The summed E-state index contributed by atoms with van der Waals surface area (Å²) >= 11 is 1.80. The van der Waals surface area contributed by atoms with Gasteiger partial charge in [-0.15, -0.1) is 0 Å². The summed E-state index contributed by atoms with van der Waals surface area (Å²) < 4.78 is 5.35. The molecule has 1 aromatic heterocycles. The number of primary amides is 1. The van der Waals surface area contributed by atoms with Gasteiger partial charge in [-0.2, -0.15) is 11.8 Å². The average Bonchev–Trinajstić information content (AvgIpc) is 2.53. The molecule has 0 radical (unpaired) electrons. The van der Waals surface area contributed by atoms with Crippen LogP contribution in [0.25, 0.3) is 10.9 Å². The summed E-state index contributed by atoms with van der Waals surface area (Å²) in [7, 11) is 0. The van der Waals surface area contributed by atoms with E-state index in [2.05, 4.69) is 9.97 Å². The van der Waals surface area contributed by atoms with Gasteiger partial charge in [-0.25, -0.2) is 4.98 Å². The number of H-pyrrole nitrogens is 1. The van der Waals surface area contributed by atoms with Crippen molar-refractivity contribution in [2.24, 2.45) is 5.73 Å². The predicted octanol–water partition coefficient (Wildman–Crippen LogP) is 1.36. The maximum absolute atomic E-state index is 12.2. The molecule has 2 aromatic rings. The number of hydrogen-bond acceptors (Lipinski definition) is 5. The lowest BCUT2D eigenvalue weighted by atomic mass is 10.1. The molecular formula is C16H19N3O3S. The lowest BCUT2D eigenvalue weighted by Gasteiger charge is -2.21. The Morgan fingerprint density at radius 2 is 2.17 bits per heavy atom. The second-order valence-corrected chi connectivity index (χ2v) is 6.92. The first-order valence-corrected chi connectivity index (χ1v) is 8.66. The molecule has 3 rings (SSSR count). The molecule has 1 saturated heterocycles. The van der Waals surface area contributed by atoms with Gasteiger partial charge in [0.15, 0.2) is 0 Å². The Hall–Kier alpha value is -1.86. The quantitative estimate of drug-likeness (QED) is 0.861. The number of nitrogens with zero attached hydrogens (tertiary/aromatic N) is 1. The first kappa shape index (κ1) is 16.0. The van der Waals surface area contributed by atoms with Crippen LogP contribution in [-0.4, -0.2) is 34.3 Å². The summed E-state index contributed by atoms with van der Waals surface area (Å²) in [5.41, 5.74) is 6.44. The van der Waals surface area contributed by atoms with Crippen LogP contribution in [0.4, 0.5) is 0 Å². The molecule has 6 nitrogen and oxygen atoms in total. The van der Waals surface area contributed by atoms with Crippen LogP contribution in [-0.2, 0) is 21.7 Å². The van der Waals surface area contributed by atoms with Gasteiger partial charge in [-0.05, 0) is 30.5 Å². The van der Waals surface area contributed by atoms with Crippen molar-refractivity contribution in [2.75, 3.05) is 13.2 Å². The number of aromatic amines is 1. The lowest BCUT2D eigenvalue weighted by molar-refractivity contribution is -0.117. The number of thioether (sulfide) groups is 1. The average molecular weight is 333 g/mol. The van der Waals surface area contributed by atoms with Crippen molar-refractivity contribution in [1.82, 2.24) is 9.97 Å². The van der Waals surface area contributed by atoms with Crippen molar-refractivity contribution in [1.29, 1.82) is 0 Å². The normalized spacial score (nSPS) is 15.8. The Morgan fingerprint density at radius 1 is 1.39 bits per heavy atom. The van der Waals surface area contributed by atoms with Gasteiger partial charge >= 0.3 is 0 Å². The van der Waals surface area contributed by atoms with E-state index in [0.29, 0.717) is 27.7 Å². The molecule has 0 saturated carbocycles. The molecule has 23 heavy (non-hydrogen) atoms. The summed E-state index contributed by atoms with van der Waals surface area (Å²) in [6.07, 6.45) is 2.22. The highest BCUT2D eigenvalue weighted by Gasteiger charge is 2.15. The Labute approximate surface area is 137 Å². The van der Waals surface area contributed by atoms with Gasteiger partial charge in [0.05, 0.1) is 23.1 Å². The molecule has 0 aliphatic carbocycles. The van der Waals surface area contributed by atoms with Crippen LogP contribution < -0.4 is 11.3 Å². The van der Waals surface area contributed by atoms with E-state index in [1.54, 1.807) is 30.0 Å². The topological polar surface area (TPSA) is 98.1 Å². The van der Waals surface area contributed by atoms with Crippen LogP contribution in [0.1, 0.15) is 24.2 Å². The summed E-state index contributed by atoms with van der Waals surface area (Å²) in [6.45, 7) is 1.60. The minimum absolute atomic E-state index is 0.149. The van der Waals surface area contributed by atoms with Gasteiger partial charge in [-0.1, -0.05) is 6.07 Å². The number of nitrogens with one attached hydrogen (secondary N) is 1. The Bertz CT molecular complexity index is 769. The van der Waals surface area contributed by atoms with Crippen molar-refractivity contribution >= 4 is 28.6 Å². The Balaban J connectivity index is 1.80. The monoisotopic (exact) mass is 333 g/mol. The Kier molecular flexibility index (Phi) is 4.97. The molecule has 122 valence electrons. The fourth-order valence-corrected chi connectivity index (χ4v) is 3.71. The zero-order chi connectivity index (χ0) is 16.2. The third-order valence-electron chi connectivity index (χ3n) is 3.82. The summed E-state index contributed by atoms with van der Waals surface area (Å²) in [5.74, 6) is 0.926. The minimum atomic E-state index is -0.399. The third kappa shape index (κ3) is 4.11. The van der Waals surface area contributed by atoms with Crippen LogP contribution in [0.15, 0.2) is 23.0 Å². The highest BCUT2D eigenvalue weighted by molar-refractivity contribution is 7.99. The number of benzene rings is 1. The van der Waals surface area contributed by atoms with Crippen LogP contribution in [0.2, 0.25) is 0 Å².